The van der Waals surface area contributed by atoms with E-state index in [1.54, 1.807) is 6.07 Å². The maximum atomic E-state index is 12.1. The molecule has 3 aromatic rings. The molecule has 0 atom stereocenters. The lowest BCUT2D eigenvalue weighted by Gasteiger charge is -2.27. The van der Waals surface area contributed by atoms with Crippen LogP contribution in [0.5, 0.6) is 5.75 Å². The van der Waals surface area contributed by atoms with E-state index >= 15 is 0 Å². The average molecular weight is 390 g/mol. The lowest BCUT2D eigenvalue weighted by molar-refractivity contribution is -0.116. The van der Waals surface area contributed by atoms with Gasteiger partial charge in [0.2, 0.25) is 5.91 Å². The van der Waals surface area contributed by atoms with Crippen molar-refractivity contribution in [1.82, 2.24) is 10.2 Å². The summed E-state index contributed by atoms with van der Waals surface area (Å²) >= 11 is 0. The maximum Gasteiger partial charge on any atom is 0.229 e. The second kappa shape index (κ2) is 10.2. The highest BCUT2D eigenvalue weighted by atomic mass is 16.5. The highest BCUT2D eigenvalue weighted by molar-refractivity contribution is 5.89. The van der Waals surface area contributed by atoms with Crippen LogP contribution in [0.15, 0.2) is 72.8 Å². The zero-order valence-electron chi connectivity index (χ0n) is 16.8. The first-order valence-electron chi connectivity index (χ1n) is 9.74. The number of hydrogen-bond donors (Lipinski definition) is 1. The van der Waals surface area contributed by atoms with Gasteiger partial charge in [0.1, 0.15) is 5.75 Å². The number of para-hydroxylation sites is 1. The molecule has 0 aliphatic heterocycles. The first-order chi connectivity index (χ1) is 14.1. The van der Waals surface area contributed by atoms with Gasteiger partial charge in [-0.05, 0) is 43.7 Å². The Morgan fingerprint density at radius 1 is 0.966 bits per heavy atom. The van der Waals surface area contributed by atoms with E-state index < -0.39 is 0 Å². The van der Waals surface area contributed by atoms with Crippen LogP contribution in [0.25, 0.3) is 0 Å². The van der Waals surface area contributed by atoms with E-state index in [0.29, 0.717) is 12.4 Å². The van der Waals surface area contributed by atoms with Gasteiger partial charge in [-0.15, -0.1) is 10.2 Å². The number of aromatic nitrogens is 2. The summed E-state index contributed by atoms with van der Waals surface area (Å²) in [7, 11) is 0. The van der Waals surface area contributed by atoms with Crippen molar-refractivity contribution in [3.8, 4) is 5.75 Å². The van der Waals surface area contributed by atoms with E-state index in [-0.39, 0.29) is 18.4 Å². The molecule has 0 spiro atoms. The first-order valence-corrected chi connectivity index (χ1v) is 9.74. The van der Waals surface area contributed by atoms with E-state index in [1.807, 2.05) is 54.6 Å². The summed E-state index contributed by atoms with van der Waals surface area (Å²) in [5.41, 5.74) is 1.21. The van der Waals surface area contributed by atoms with Crippen molar-refractivity contribution in [2.75, 3.05) is 16.8 Å². The fourth-order valence-electron chi connectivity index (χ4n) is 2.84. The van der Waals surface area contributed by atoms with E-state index in [1.165, 1.54) is 5.56 Å². The van der Waals surface area contributed by atoms with Gasteiger partial charge in [-0.25, -0.2) is 0 Å². The Morgan fingerprint density at radius 3 is 2.28 bits per heavy atom. The normalized spacial score (nSPS) is 10.6. The molecule has 150 valence electrons. The molecule has 0 saturated carbocycles. The third-order valence-electron chi connectivity index (χ3n) is 4.37. The minimum Gasteiger partial charge on any atom is -0.493 e. The smallest absolute Gasteiger partial charge is 0.229 e. The Labute approximate surface area is 171 Å². The Balaban J connectivity index is 1.53. The van der Waals surface area contributed by atoms with Gasteiger partial charge in [0.05, 0.1) is 13.0 Å². The van der Waals surface area contributed by atoms with Crippen LogP contribution in [0, 0.1) is 0 Å². The van der Waals surface area contributed by atoms with Crippen molar-refractivity contribution < 1.29 is 9.53 Å². The Kier molecular flexibility index (Phi) is 7.16. The second-order valence-corrected chi connectivity index (χ2v) is 6.94. The summed E-state index contributed by atoms with van der Waals surface area (Å²) in [5.74, 6) is 1.79. The minimum absolute atomic E-state index is 0.159. The molecular weight excluding hydrogens is 364 g/mol. The number of rotatable bonds is 9. The number of benzene rings is 2. The number of ether oxygens (including phenoxy) is 1. The number of carbonyl (C=O) groups is 1. The summed E-state index contributed by atoms with van der Waals surface area (Å²) in [4.78, 5) is 14.3. The van der Waals surface area contributed by atoms with E-state index in [2.05, 4.69) is 46.4 Å². The molecule has 0 aliphatic rings. The van der Waals surface area contributed by atoms with Gasteiger partial charge in [0.25, 0.3) is 0 Å². The van der Waals surface area contributed by atoms with Gasteiger partial charge >= 0.3 is 0 Å². The van der Waals surface area contributed by atoms with Gasteiger partial charge in [0.15, 0.2) is 11.6 Å². The molecule has 0 unspecified atom stereocenters. The number of carbonyl (C=O) groups excluding carboxylic acids is 1. The van der Waals surface area contributed by atoms with Gasteiger partial charge in [-0.3, -0.25) is 4.79 Å². The van der Waals surface area contributed by atoms with E-state index in [4.69, 9.17) is 4.74 Å². The lowest BCUT2D eigenvalue weighted by Crippen LogP contribution is -2.31. The Bertz CT molecular complexity index is 884. The highest BCUT2D eigenvalue weighted by Crippen LogP contribution is 2.18. The van der Waals surface area contributed by atoms with Gasteiger partial charge in [-0.1, -0.05) is 48.5 Å². The van der Waals surface area contributed by atoms with Crippen molar-refractivity contribution >= 4 is 17.5 Å². The van der Waals surface area contributed by atoms with Crippen LogP contribution in [0.2, 0.25) is 0 Å². The fraction of sp³-hybridized carbons (Fsp3) is 0.261. The van der Waals surface area contributed by atoms with Gasteiger partial charge in [0, 0.05) is 12.6 Å². The third kappa shape index (κ3) is 6.31. The maximum absolute atomic E-state index is 12.1. The molecule has 1 heterocycles. The number of nitrogens with one attached hydrogen (secondary N) is 1. The standard InChI is InChI=1S/C23H26N4O2/c1-18(2)27(17-19-9-5-3-6-10-19)22-14-13-21(25-26-22)24-23(28)15-16-29-20-11-7-4-8-12-20/h3-14,18H,15-17H2,1-2H3,(H,24,25,28). The SMILES string of the molecule is CC(C)N(Cc1ccccc1)c1ccc(NC(=O)CCOc2ccccc2)nn1. The molecule has 1 aromatic heterocycles. The Morgan fingerprint density at radius 2 is 1.66 bits per heavy atom. The highest BCUT2D eigenvalue weighted by Gasteiger charge is 2.14. The number of amides is 1. The molecule has 1 amide bonds. The first kappa shape index (κ1) is 20.3. The van der Waals surface area contributed by atoms with Gasteiger partial charge < -0.3 is 15.0 Å². The molecule has 0 bridgehead atoms. The predicted octanol–water partition coefficient (Wildman–Crippen LogP) is 4.30. The van der Waals surface area contributed by atoms with Crippen LogP contribution in [0.1, 0.15) is 25.8 Å². The van der Waals surface area contributed by atoms with E-state index in [0.717, 1.165) is 18.1 Å². The monoisotopic (exact) mass is 390 g/mol. The zero-order valence-corrected chi connectivity index (χ0v) is 16.8. The molecule has 6 heteroatoms. The number of anilines is 2. The average Bonchev–Trinajstić information content (AvgIpc) is 2.74. The quantitative estimate of drug-likeness (QED) is 0.590. The number of nitrogens with zero attached hydrogens (tertiary/aromatic N) is 3. The molecule has 2 aromatic carbocycles. The Hall–Kier alpha value is -3.41. The van der Waals surface area contributed by atoms with Crippen LogP contribution in [-0.2, 0) is 11.3 Å². The third-order valence-corrected chi connectivity index (χ3v) is 4.37. The van der Waals surface area contributed by atoms with Crippen LogP contribution in [-0.4, -0.2) is 28.8 Å². The van der Waals surface area contributed by atoms with Crippen molar-refractivity contribution in [3.63, 3.8) is 0 Å². The zero-order chi connectivity index (χ0) is 20.5. The topological polar surface area (TPSA) is 67.4 Å². The molecule has 0 aliphatic carbocycles. The molecule has 0 saturated heterocycles. The van der Waals surface area contributed by atoms with Crippen molar-refractivity contribution in [2.45, 2.75) is 32.9 Å². The summed E-state index contributed by atoms with van der Waals surface area (Å²) in [6.07, 6.45) is 0.241. The van der Waals surface area contributed by atoms with E-state index in [9.17, 15) is 4.79 Å². The second-order valence-electron chi connectivity index (χ2n) is 6.94. The summed E-state index contributed by atoms with van der Waals surface area (Å²) in [6, 6.07) is 23.6. The molecule has 3 rings (SSSR count). The van der Waals surface area contributed by atoms with Gasteiger partial charge in [-0.2, -0.15) is 0 Å². The summed E-state index contributed by atoms with van der Waals surface area (Å²) < 4.78 is 5.54. The molecule has 1 N–H and O–H groups in total. The largest absolute Gasteiger partial charge is 0.493 e. The molecule has 0 radical (unpaired) electrons. The van der Waals surface area contributed by atoms with Crippen molar-refractivity contribution in [1.29, 1.82) is 0 Å². The summed E-state index contributed by atoms with van der Waals surface area (Å²) in [5, 5.41) is 11.2. The molecule has 6 nitrogen and oxygen atoms in total. The van der Waals surface area contributed by atoms with Crippen molar-refractivity contribution in [3.05, 3.63) is 78.4 Å². The molecular formula is C23H26N4O2. The predicted molar refractivity (Wildman–Crippen MR) is 115 cm³/mol. The fourth-order valence-corrected chi connectivity index (χ4v) is 2.84. The van der Waals surface area contributed by atoms with Crippen LogP contribution in [0.4, 0.5) is 11.6 Å². The minimum atomic E-state index is -0.159. The lowest BCUT2D eigenvalue weighted by atomic mass is 10.2. The van der Waals surface area contributed by atoms with Crippen LogP contribution >= 0.6 is 0 Å². The molecule has 0 fully saturated rings. The van der Waals surface area contributed by atoms with Crippen LogP contribution < -0.4 is 15.0 Å². The molecule has 29 heavy (non-hydrogen) atoms. The van der Waals surface area contributed by atoms with Crippen molar-refractivity contribution in [2.24, 2.45) is 0 Å². The summed E-state index contributed by atoms with van der Waals surface area (Å²) in [6.45, 7) is 5.29. The van der Waals surface area contributed by atoms with Crippen LogP contribution in [0.3, 0.4) is 0 Å². The number of hydrogen-bond acceptors (Lipinski definition) is 5.